The van der Waals surface area contributed by atoms with E-state index in [2.05, 4.69) is 4.98 Å². The topological polar surface area (TPSA) is 51.7 Å². The van der Waals surface area contributed by atoms with E-state index in [1.165, 1.54) is 12.1 Å². The third-order valence-electron chi connectivity index (χ3n) is 4.26. The van der Waals surface area contributed by atoms with Gasteiger partial charge in [-0.1, -0.05) is 0 Å². The quantitative estimate of drug-likeness (QED) is 0.784. The van der Waals surface area contributed by atoms with Gasteiger partial charge in [0.15, 0.2) is 0 Å². The van der Waals surface area contributed by atoms with Gasteiger partial charge in [0.2, 0.25) is 0 Å². The van der Waals surface area contributed by atoms with E-state index in [-0.39, 0.29) is 18.3 Å². The van der Waals surface area contributed by atoms with Crippen LogP contribution in [0, 0.1) is 12.7 Å². The highest BCUT2D eigenvalue weighted by atomic mass is 19.1. The van der Waals surface area contributed by atoms with Crippen molar-refractivity contribution in [2.75, 3.05) is 26.4 Å². The summed E-state index contributed by atoms with van der Waals surface area (Å²) in [5, 5.41) is 0. The van der Waals surface area contributed by atoms with Crippen molar-refractivity contribution >= 4 is 5.91 Å². The number of ether oxygens (including phenoxy) is 2. The second-order valence-corrected chi connectivity index (χ2v) is 6.33. The number of fused-ring (bicyclic) bond motifs is 1. The Morgan fingerprint density at radius 3 is 2.85 bits per heavy atom. The number of aromatic nitrogens is 1. The molecule has 1 aromatic carbocycles. The standard InChI is InChI=1S/C20H23FN2O3/c1-15-12-16(6-7-22-15)20(24)23-8-11-25-9-2-3-10-26-19-5-4-18(21)13-17(19)14-23/h4-7,12-13H,2-3,8-11,14H2,1H3. The van der Waals surface area contributed by atoms with Gasteiger partial charge in [0, 0.05) is 42.7 Å². The number of rotatable bonds is 1. The maximum atomic E-state index is 13.8. The van der Waals surface area contributed by atoms with E-state index in [9.17, 15) is 9.18 Å². The molecule has 0 unspecified atom stereocenters. The van der Waals surface area contributed by atoms with Gasteiger partial charge in [-0.15, -0.1) is 0 Å². The van der Waals surface area contributed by atoms with Crippen LogP contribution in [0.3, 0.4) is 0 Å². The van der Waals surface area contributed by atoms with Gasteiger partial charge >= 0.3 is 0 Å². The molecule has 0 bridgehead atoms. The summed E-state index contributed by atoms with van der Waals surface area (Å²) >= 11 is 0. The number of halogens is 1. The Hall–Kier alpha value is -2.47. The Morgan fingerprint density at radius 1 is 1.15 bits per heavy atom. The zero-order valence-corrected chi connectivity index (χ0v) is 14.9. The molecular weight excluding hydrogens is 335 g/mol. The molecule has 0 aliphatic carbocycles. The van der Waals surface area contributed by atoms with E-state index >= 15 is 0 Å². The van der Waals surface area contributed by atoms with Crippen molar-refractivity contribution in [3.05, 3.63) is 59.2 Å². The van der Waals surface area contributed by atoms with Crippen LogP contribution in [-0.2, 0) is 11.3 Å². The summed E-state index contributed by atoms with van der Waals surface area (Å²) in [5.74, 6) is 0.144. The van der Waals surface area contributed by atoms with E-state index < -0.39 is 0 Å². The van der Waals surface area contributed by atoms with Crippen molar-refractivity contribution in [2.45, 2.75) is 26.3 Å². The molecule has 0 spiro atoms. The Balaban J connectivity index is 1.88. The predicted octanol–water partition coefficient (Wildman–Crippen LogP) is 3.36. The van der Waals surface area contributed by atoms with Crippen molar-refractivity contribution in [2.24, 2.45) is 0 Å². The zero-order chi connectivity index (χ0) is 18.4. The Bertz CT molecular complexity index is 766. The van der Waals surface area contributed by atoms with Gasteiger partial charge in [0.25, 0.3) is 5.91 Å². The second-order valence-electron chi connectivity index (χ2n) is 6.33. The average Bonchev–Trinajstić information content (AvgIpc) is 2.62. The number of benzene rings is 1. The van der Waals surface area contributed by atoms with E-state index in [1.54, 1.807) is 29.3 Å². The van der Waals surface area contributed by atoms with Gasteiger partial charge in [0.1, 0.15) is 11.6 Å². The largest absolute Gasteiger partial charge is 0.493 e. The lowest BCUT2D eigenvalue weighted by molar-refractivity contribution is 0.0607. The molecule has 2 heterocycles. The molecule has 6 heteroatoms. The summed E-state index contributed by atoms with van der Waals surface area (Å²) in [5.41, 5.74) is 1.99. The minimum atomic E-state index is -0.345. The SMILES string of the molecule is Cc1cc(C(=O)N2CCOCCCCOc3ccc(F)cc3C2)ccn1. The predicted molar refractivity (Wildman–Crippen MR) is 95.7 cm³/mol. The fraction of sp³-hybridized carbons (Fsp3) is 0.400. The Morgan fingerprint density at radius 2 is 2.00 bits per heavy atom. The van der Waals surface area contributed by atoms with Crippen LogP contribution >= 0.6 is 0 Å². The van der Waals surface area contributed by atoms with E-state index in [0.717, 1.165) is 18.5 Å². The molecule has 0 atom stereocenters. The first kappa shape index (κ1) is 18.3. The lowest BCUT2D eigenvalue weighted by atomic mass is 10.1. The van der Waals surface area contributed by atoms with Crippen LogP contribution in [0.2, 0.25) is 0 Å². The molecule has 0 saturated heterocycles. The summed E-state index contributed by atoms with van der Waals surface area (Å²) in [4.78, 5) is 18.8. The van der Waals surface area contributed by atoms with Crippen molar-refractivity contribution < 1.29 is 18.7 Å². The van der Waals surface area contributed by atoms with Crippen LogP contribution in [0.4, 0.5) is 4.39 Å². The summed E-state index contributed by atoms with van der Waals surface area (Å²) in [7, 11) is 0. The summed E-state index contributed by atoms with van der Waals surface area (Å²) in [6, 6.07) is 7.88. The lowest BCUT2D eigenvalue weighted by Gasteiger charge is -2.25. The maximum absolute atomic E-state index is 13.8. The number of hydrogen-bond acceptors (Lipinski definition) is 4. The van der Waals surface area contributed by atoms with E-state index in [4.69, 9.17) is 9.47 Å². The van der Waals surface area contributed by atoms with Gasteiger partial charge in [-0.25, -0.2) is 4.39 Å². The lowest BCUT2D eigenvalue weighted by Crippen LogP contribution is -2.34. The Kier molecular flexibility index (Phi) is 6.17. The minimum Gasteiger partial charge on any atom is -0.493 e. The van der Waals surface area contributed by atoms with Crippen molar-refractivity contribution in [1.82, 2.24) is 9.88 Å². The fourth-order valence-electron chi connectivity index (χ4n) is 2.90. The Labute approximate surface area is 152 Å². The second kappa shape index (κ2) is 8.76. The molecule has 1 aliphatic rings. The number of pyridine rings is 1. The molecule has 1 aliphatic heterocycles. The summed E-state index contributed by atoms with van der Waals surface area (Å²) < 4.78 is 25.2. The molecule has 0 N–H and O–H groups in total. The van der Waals surface area contributed by atoms with E-state index in [0.29, 0.717) is 43.2 Å². The molecule has 2 aromatic rings. The molecule has 1 amide bonds. The average molecular weight is 358 g/mol. The van der Waals surface area contributed by atoms with E-state index in [1.807, 2.05) is 6.92 Å². The zero-order valence-electron chi connectivity index (χ0n) is 14.9. The van der Waals surface area contributed by atoms with Crippen molar-refractivity contribution in [1.29, 1.82) is 0 Å². The molecular formula is C20H23FN2O3. The highest BCUT2D eigenvalue weighted by molar-refractivity contribution is 5.94. The monoisotopic (exact) mass is 358 g/mol. The van der Waals surface area contributed by atoms with Gasteiger partial charge in [-0.3, -0.25) is 9.78 Å². The van der Waals surface area contributed by atoms with Gasteiger partial charge < -0.3 is 14.4 Å². The van der Waals surface area contributed by atoms with Crippen molar-refractivity contribution in [3.8, 4) is 5.75 Å². The van der Waals surface area contributed by atoms with Crippen LogP contribution in [0.15, 0.2) is 36.5 Å². The highest BCUT2D eigenvalue weighted by Crippen LogP contribution is 2.23. The molecule has 0 saturated carbocycles. The maximum Gasteiger partial charge on any atom is 0.254 e. The summed E-state index contributed by atoms with van der Waals surface area (Å²) in [6.45, 7) is 4.15. The summed E-state index contributed by atoms with van der Waals surface area (Å²) in [6.07, 6.45) is 3.37. The number of aryl methyl sites for hydroxylation is 1. The number of carbonyl (C=O) groups is 1. The smallest absolute Gasteiger partial charge is 0.254 e. The first-order chi connectivity index (χ1) is 12.6. The number of amides is 1. The minimum absolute atomic E-state index is 0.133. The molecule has 26 heavy (non-hydrogen) atoms. The highest BCUT2D eigenvalue weighted by Gasteiger charge is 2.19. The van der Waals surface area contributed by atoms with Crippen LogP contribution < -0.4 is 4.74 Å². The molecule has 0 fully saturated rings. The van der Waals surface area contributed by atoms with Crippen LogP contribution in [0.25, 0.3) is 0 Å². The molecule has 138 valence electrons. The first-order valence-electron chi connectivity index (χ1n) is 8.84. The van der Waals surface area contributed by atoms with Gasteiger partial charge in [-0.05, 0) is 50.1 Å². The third kappa shape index (κ3) is 4.79. The molecule has 5 nitrogen and oxygen atoms in total. The first-order valence-corrected chi connectivity index (χ1v) is 8.84. The van der Waals surface area contributed by atoms with Gasteiger partial charge in [0.05, 0.1) is 13.2 Å². The molecule has 3 rings (SSSR count). The van der Waals surface area contributed by atoms with Crippen molar-refractivity contribution in [3.63, 3.8) is 0 Å². The number of hydrogen-bond donors (Lipinski definition) is 0. The molecule has 1 aromatic heterocycles. The third-order valence-corrected chi connectivity index (χ3v) is 4.26. The number of nitrogens with zero attached hydrogens (tertiary/aromatic N) is 2. The fourth-order valence-corrected chi connectivity index (χ4v) is 2.90. The normalized spacial score (nSPS) is 16.0. The van der Waals surface area contributed by atoms with Crippen LogP contribution in [0.5, 0.6) is 5.75 Å². The molecule has 0 radical (unpaired) electrons. The van der Waals surface area contributed by atoms with Crippen LogP contribution in [-0.4, -0.2) is 42.2 Å². The van der Waals surface area contributed by atoms with Gasteiger partial charge in [-0.2, -0.15) is 0 Å². The van der Waals surface area contributed by atoms with Crippen LogP contribution in [0.1, 0.15) is 34.5 Å². The number of carbonyl (C=O) groups excluding carboxylic acids is 1.